The lowest BCUT2D eigenvalue weighted by molar-refractivity contribution is -0.147. The summed E-state index contributed by atoms with van der Waals surface area (Å²) >= 11 is 0. The van der Waals surface area contributed by atoms with Gasteiger partial charge in [0.15, 0.2) is 0 Å². The summed E-state index contributed by atoms with van der Waals surface area (Å²) in [6, 6.07) is 0. The standard InChI is InChI=1S/C9H21N3O3.2ClH/c10-4-3-6-11-5-1-2-7-12-8(13)9(14)15;;/h9,11,14-15H,1-7,10H2,(H,12,13);2*1H. The number of carbonyl (C=O) groups excluding carboxylic acids is 1. The minimum atomic E-state index is -1.91. The van der Waals surface area contributed by atoms with Crippen LogP contribution in [0.4, 0.5) is 0 Å². The van der Waals surface area contributed by atoms with Crippen molar-refractivity contribution in [2.24, 2.45) is 5.73 Å². The summed E-state index contributed by atoms with van der Waals surface area (Å²) in [4.78, 5) is 10.7. The summed E-state index contributed by atoms with van der Waals surface area (Å²) in [6.45, 7) is 2.96. The van der Waals surface area contributed by atoms with Gasteiger partial charge in [-0.2, -0.15) is 0 Å². The van der Waals surface area contributed by atoms with Crippen LogP contribution in [0.25, 0.3) is 0 Å². The van der Waals surface area contributed by atoms with Crippen LogP contribution in [0.15, 0.2) is 0 Å². The SMILES string of the molecule is Cl.Cl.NCCCNCCCCNC(=O)C(O)O. The van der Waals surface area contributed by atoms with Crippen molar-refractivity contribution in [1.29, 1.82) is 0 Å². The van der Waals surface area contributed by atoms with E-state index in [9.17, 15) is 4.79 Å². The molecule has 0 saturated carbocycles. The van der Waals surface area contributed by atoms with E-state index in [0.29, 0.717) is 13.1 Å². The van der Waals surface area contributed by atoms with Crippen LogP contribution in [0, 0.1) is 0 Å². The smallest absolute Gasteiger partial charge is 0.276 e. The zero-order valence-electron chi connectivity index (χ0n) is 9.72. The molecule has 6 N–H and O–H groups in total. The van der Waals surface area contributed by atoms with E-state index in [-0.39, 0.29) is 24.8 Å². The molecule has 0 atom stereocenters. The fourth-order valence-corrected chi connectivity index (χ4v) is 1.03. The third-order valence-electron chi connectivity index (χ3n) is 1.87. The van der Waals surface area contributed by atoms with Crippen LogP contribution < -0.4 is 16.4 Å². The molecule has 0 aromatic carbocycles. The van der Waals surface area contributed by atoms with Crippen molar-refractivity contribution >= 4 is 30.7 Å². The second-order valence-electron chi connectivity index (χ2n) is 3.26. The molecule has 8 heteroatoms. The van der Waals surface area contributed by atoms with E-state index in [4.69, 9.17) is 15.9 Å². The number of nitrogens with two attached hydrogens (primary N) is 1. The summed E-state index contributed by atoms with van der Waals surface area (Å²) in [5.41, 5.74) is 5.32. The van der Waals surface area contributed by atoms with E-state index in [1.807, 2.05) is 0 Å². The largest absolute Gasteiger partial charge is 0.361 e. The molecular weight excluding hydrogens is 269 g/mol. The lowest BCUT2D eigenvalue weighted by Crippen LogP contribution is -2.35. The van der Waals surface area contributed by atoms with E-state index in [1.165, 1.54) is 0 Å². The normalized spacial score (nSPS) is 9.41. The van der Waals surface area contributed by atoms with Gasteiger partial charge in [-0.3, -0.25) is 4.79 Å². The van der Waals surface area contributed by atoms with Crippen LogP contribution in [-0.2, 0) is 4.79 Å². The van der Waals surface area contributed by atoms with Crippen LogP contribution in [0.1, 0.15) is 19.3 Å². The Morgan fingerprint density at radius 1 is 1.06 bits per heavy atom. The Hall–Kier alpha value is -0.110. The van der Waals surface area contributed by atoms with Gasteiger partial charge in [0, 0.05) is 6.54 Å². The molecule has 1 amide bonds. The number of unbranched alkanes of at least 4 members (excludes halogenated alkanes) is 1. The van der Waals surface area contributed by atoms with Gasteiger partial charge in [0.2, 0.25) is 6.29 Å². The predicted octanol–water partition coefficient (Wildman–Crippen LogP) is -1.02. The Morgan fingerprint density at radius 3 is 2.12 bits per heavy atom. The molecule has 17 heavy (non-hydrogen) atoms. The highest BCUT2D eigenvalue weighted by molar-refractivity contribution is 5.85. The number of aliphatic hydroxyl groups excluding tert-OH is 1. The van der Waals surface area contributed by atoms with Gasteiger partial charge in [0.25, 0.3) is 5.91 Å². The van der Waals surface area contributed by atoms with Crippen LogP contribution in [-0.4, -0.2) is 48.6 Å². The number of rotatable bonds is 9. The Kier molecular flexibility index (Phi) is 20.7. The molecule has 0 saturated heterocycles. The third kappa shape index (κ3) is 15.9. The maximum absolute atomic E-state index is 10.7. The van der Waals surface area contributed by atoms with Crippen LogP contribution in [0.3, 0.4) is 0 Å². The lowest BCUT2D eigenvalue weighted by atomic mass is 10.3. The lowest BCUT2D eigenvalue weighted by Gasteiger charge is -2.06. The number of aliphatic hydroxyl groups is 2. The summed E-state index contributed by atoms with van der Waals surface area (Å²) in [5.74, 6) is -0.744. The molecule has 0 bridgehead atoms. The molecule has 0 radical (unpaired) electrons. The van der Waals surface area contributed by atoms with Crippen molar-refractivity contribution in [3.63, 3.8) is 0 Å². The molecule has 0 fully saturated rings. The predicted molar refractivity (Wildman–Crippen MR) is 71.5 cm³/mol. The highest BCUT2D eigenvalue weighted by Crippen LogP contribution is 1.85. The van der Waals surface area contributed by atoms with Crippen LogP contribution in [0.2, 0.25) is 0 Å². The first-order chi connectivity index (χ1) is 7.18. The summed E-state index contributed by atoms with van der Waals surface area (Å²) in [7, 11) is 0. The second-order valence-corrected chi connectivity index (χ2v) is 3.26. The molecule has 106 valence electrons. The maximum atomic E-state index is 10.7. The molecular formula is C9H23Cl2N3O3. The molecule has 0 unspecified atom stereocenters. The fraction of sp³-hybridized carbons (Fsp3) is 0.889. The van der Waals surface area contributed by atoms with E-state index in [0.717, 1.165) is 32.4 Å². The number of halogens is 2. The van der Waals surface area contributed by atoms with E-state index >= 15 is 0 Å². The van der Waals surface area contributed by atoms with E-state index in [1.54, 1.807) is 0 Å². The van der Waals surface area contributed by atoms with Gasteiger partial charge >= 0.3 is 0 Å². The first-order valence-corrected chi connectivity index (χ1v) is 5.23. The number of amides is 1. The summed E-state index contributed by atoms with van der Waals surface area (Å²) in [6.07, 6.45) is 0.807. The Balaban J connectivity index is -0.000000980. The van der Waals surface area contributed by atoms with Gasteiger partial charge in [0.05, 0.1) is 0 Å². The average molecular weight is 292 g/mol. The molecule has 0 aliphatic heterocycles. The van der Waals surface area contributed by atoms with Crippen LogP contribution in [0.5, 0.6) is 0 Å². The van der Waals surface area contributed by atoms with Gasteiger partial charge in [-0.25, -0.2) is 0 Å². The van der Waals surface area contributed by atoms with Gasteiger partial charge in [0.1, 0.15) is 0 Å². The molecule has 6 nitrogen and oxygen atoms in total. The van der Waals surface area contributed by atoms with Crippen molar-refractivity contribution < 1.29 is 15.0 Å². The molecule has 0 heterocycles. The second kappa shape index (κ2) is 15.9. The average Bonchev–Trinajstić information content (AvgIpc) is 2.21. The molecule has 0 aromatic heterocycles. The zero-order chi connectivity index (χ0) is 11.5. The van der Waals surface area contributed by atoms with Gasteiger partial charge in [-0.1, -0.05) is 0 Å². The monoisotopic (exact) mass is 291 g/mol. The third-order valence-corrected chi connectivity index (χ3v) is 1.87. The topological polar surface area (TPSA) is 108 Å². The van der Waals surface area contributed by atoms with Crippen molar-refractivity contribution in [2.45, 2.75) is 25.6 Å². The molecule has 0 rings (SSSR count). The van der Waals surface area contributed by atoms with E-state index < -0.39 is 12.2 Å². The van der Waals surface area contributed by atoms with Crippen molar-refractivity contribution in [2.75, 3.05) is 26.2 Å². The fourth-order valence-electron chi connectivity index (χ4n) is 1.03. The van der Waals surface area contributed by atoms with Crippen molar-refractivity contribution in [3.05, 3.63) is 0 Å². The number of hydrogen-bond acceptors (Lipinski definition) is 5. The zero-order valence-corrected chi connectivity index (χ0v) is 11.4. The first-order valence-electron chi connectivity index (χ1n) is 5.23. The molecule has 0 aliphatic carbocycles. The van der Waals surface area contributed by atoms with Crippen molar-refractivity contribution in [3.8, 4) is 0 Å². The number of carbonyl (C=O) groups is 1. The van der Waals surface area contributed by atoms with Crippen LogP contribution >= 0.6 is 24.8 Å². The Bertz CT molecular complexity index is 174. The minimum absolute atomic E-state index is 0. The Morgan fingerprint density at radius 2 is 1.59 bits per heavy atom. The van der Waals surface area contributed by atoms with Crippen molar-refractivity contribution in [1.82, 2.24) is 10.6 Å². The maximum Gasteiger partial charge on any atom is 0.276 e. The molecule has 0 spiro atoms. The highest BCUT2D eigenvalue weighted by atomic mass is 35.5. The van der Waals surface area contributed by atoms with E-state index in [2.05, 4.69) is 10.6 Å². The summed E-state index contributed by atoms with van der Waals surface area (Å²) in [5, 5.41) is 22.5. The first kappa shape index (κ1) is 22.1. The molecule has 0 aromatic rings. The summed E-state index contributed by atoms with van der Waals surface area (Å²) < 4.78 is 0. The molecule has 0 aliphatic rings. The quantitative estimate of drug-likeness (QED) is 0.276. The highest BCUT2D eigenvalue weighted by Gasteiger charge is 2.08. The Labute approximate surface area is 114 Å². The van der Waals surface area contributed by atoms with Gasteiger partial charge in [-0.05, 0) is 38.9 Å². The number of hydrogen-bond donors (Lipinski definition) is 5. The number of nitrogens with one attached hydrogen (secondary N) is 2. The minimum Gasteiger partial charge on any atom is -0.361 e. The van der Waals surface area contributed by atoms with Gasteiger partial charge in [-0.15, -0.1) is 24.8 Å². The van der Waals surface area contributed by atoms with Gasteiger partial charge < -0.3 is 26.6 Å².